The molecule has 5 heteroatoms. The van der Waals surface area contributed by atoms with Gasteiger partial charge in [-0.15, -0.1) is 0 Å². The van der Waals surface area contributed by atoms with Gasteiger partial charge in [-0.05, 0) is 26.7 Å². The molecule has 0 aliphatic carbocycles. The largest absolute Gasteiger partial charge is 0.466 e. The Morgan fingerprint density at radius 1 is 1.15 bits per heavy atom. The number of nitrogens with zero attached hydrogens (tertiary/aromatic N) is 1. The molecule has 0 aromatic carbocycles. The summed E-state index contributed by atoms with van der Waals surface area (Å²) in [5.74, 6) is -1.89. The number of rotatable bonds is 9. The van der Waals surface area contributed by atoms with Gasteiger partial charge in [0.15, 0.2) is 5.41 Å². The van der Waals surface area contributed by atoms with Crippen LogP contribution in [0.3, 0.4) is 0 Å². The van der Waals surface area contributed by atoms with Crippen LogP contribution in [-0.2, 0) is 19.1 Å². The standard InChI is InChI=1S/C15H25NO4/c1-5-9-10-15(11-16,14(18)20-8-4)12(6-2)13(17)19-7-3/h12H,5-10H2,1-4H3. The van der Waals surface area contributed by atoms with E-state index in [2.05, 4.69) is 0 Å². The van der Waals surface area contributed by atoms with Crippen molar-refractivity contribution in [2.45, 2.75) is 53.4 Å². The van der Waals surface area contributed by atoms with E-state index in [9.17, 15) is 14.9 Å². The highest BCUT2D eigenvalue weighted by atomic mass is 16.5. The third kappa shape index (κ3) is 4.22. The third-order valence-electron chi connectivity index (χ3n) is 3.34. The van der Waals surface area contributed by atoms with Crippen molar-refractivity contribution in [1.29, 1.82) is 5.26 Å². The van der Waals surface area contributed by atoms with Crippen LogP contribution in [0, 0.1) is 22.7 Å². The van der Waals surface area contributed by atoms with Crippen molar-refractivity contribution in [2.75, 3.05) is 13.2 Å². The average molecular weight is 283 g/mol. The molecule has 0 aliphatic rings. The lowest BCUT2D eigenvalue weighted by molar-refractivity contribution is -0.166. The molecule has 0 amide bonds. The molecule has 0 aromatic rings. The molecule has 0 aromatic heterocycles. The molecular formula is C15H25NO4. The Bertz CT molecular complexity index is 361. The van der Waals surface area contributed by atoms with E-state index in [0.717, 1.165) is 6.42 Å². The highest BCUT2D eigenvalue weighted by Crippen LogP contribution is 2.37. The fraction of sp³-hybridized carbons (Fsp3) is 0.800. The van der Waals surface area contributed by atoms with E-state index >= 15 is 0 Å². The van der Waals surface area contributed by atoms with Crippen LogP contribution in [0.5, 0.6) is 0 Å². The zero-order chi connectivity index (χ0) is 15.6. The lowest BCUT2D eigenvalue weighted by atomic mass is 9.71. The van der Waals surface area contributed by atoms with Crippen LogP contribution in [0.2, 0.25) is 0 Å². The van der Waals surface area contributed by atoms with Crippen LogP contribution in [0.1, 0.15) is 53.4 Å². The Kier molecular flexibility index (Phi) is 8.62. The topological polar surface area (TPSA) is 76.4 Å². The van der Waals surface area contributed by atoms with Crippen LogP contribution in [-0.4, -0.2) is 25.2 Å². The summed E-state index contributed by atoms with van der Waals surface area (Å²) in [5, 5.41) is 9.56. The second-order valence-electron chi connectivity index (χ2n) is 4.62. The van der Waals surface area contributed by atoms with Crippen molar-refractivity contribution >= 4 is 11.9 Å². The Balaban J connectivity index is 5.49. The first-order valence-corrected chi connectivity index (χ1v) is 7.29. The maximum absolute atomic E-state index is 12.3. The first kappa shape index (κ1) is 18.4. The van der Waals surface area contributed by atoms with Crippen molar-refractivity contribution in [3.05, 3.63) is 0 Å². The van der Waals surface area contributed by atoms with Gasteiger partial charge in [0, 0.05) is 0 Å². The SMILES string of the molecule is CCCCC(C#N)(C(=O)OCC)C(CC)C(=O)OCC. The highest BCUT2D eigenvalue weighted by molar-refractivity contribution is 5.88. The van der Waals surface area contributed by atoms with Crippen molar-refractivity contribution < 1.29 is 19.1 Å². The molecule has 20 heavy (non-hydrogen) atoms. The van der Waals surface area contributed by atoms with E-state index in [-0.39, 0.29) is 13.2 Å². The smallest absolute Gasteiger partial charge is 0.327 e. The van der Waals surface area contributed by atoms with E-state index in [1.54, 1.807) is 20.8 Å². The van der Waals surface area contributed by atoms with Crippen molar-refractivity contribution in [2.24, 2.45) is 11.3 Å². The molecule has 0 aliphatic heterocycles. The van der Waals surface area contributed by atoms with Crippen molar-refractivity contribution in [3.63, 3.8) is 0 Å². The second-order valence-corrected chi connectivity index (χ2v) is 4.62. The van der Waals surface area contributed by atoms with Crippen LogP contribution in [0.25, 0.3) is 0 Å². The maximum atomic E-state index is 12.3. The van der Waals surface area contributed by atoms with Crippen molar-refractivity contribution in [3.8, 4) is 6.07 Å². The van der Waals surface area contributed by atoms with Gasteiger partial charge in [0.2, 0.25) is 0 Å². The number of unbranched alkanes of at least 4 members (excludes halogenated alkanes) is 1. The Labute approximate surface area is 121 Å². The monoisotopic (exact) mass is 283 g/mol. The molecule has 2 atom stereocenters. The molecule has 0 N–H and O–H groups in total. The molecule has 0 spiro atoms. The fourth-order valence-corrected chi connectivity index (χ4v) is 2.27. The van der Waals surface area contributed by atoms with Gasteiger partial charge in [0.1, 0.15) is 0 Å². The number of ether oxygens (including phenoxy) is 2. The van der Waals surface area contributed by atoms with Gasteiger partial charge >= 0.3 is 11.9 Å². The molecule has 114 valence electrons. The van der Waals surface area contributed by atoms with Crippen LogP contribution < -0.4 is 0 Å². The first-order chi connectivity index (χ1) is 9.53. The summed E-state index contributed by atoms with van der Waals surface area (Å²) in [7, 11) is 0. The molecule has 0 saturated heterocycles. The zero-order valence-corrected chi connectivity index (χ0v) is 12.9. The molecule has 0 rings (SSSR count). The van der Waals surface area contributed by atoms with Crippen LogP contribution in [0.15, 0.2) is 0 Å². The minimum Gasteiger partial charge on any atom is -0.466 e. The highest BCUT2D eigenvalue weighted by Gasteiger charge is 2.50. The molecule has 5 nitrogen and oxygen atoms in total. The number of carbonyl (C=O) groups excluding carboxylic acids is 2. The minimum atomic E-state index is -1.44. The van der Waals surface area contributed by atoms with E-state index in [0.29, 0.717) is 19.3 Å². The molecule has 0 bridgehead atoms. The number of hydrogen-bond donors (Lipinski definition) is 0. The summed E-state index contributed by atoms with van der Waals surface area (Å²) >= 11 is 0. The Morgan fingerprint density at radius 2 is 1.75 bits per heavy atom. The van der Waals surface area contributed by atoms with E-state index in [4.69, 9.17) is 9.47 Å². The van der Waals surface area contributed by atoms with Gasteiger partial charge in [0.05, 0.1) is 25.2 Å². The molecule has 0 fully saturated rings. The summed E-state index contributed by atoms with van der Waals surface area (Å²) < 4.78 is 10.1. The molecule has 2 unspecified atom stereocenters. The average Bonchev–Trinajstić information content (AvgIpc) is 2.43. The van der Waals surface area contributed by atoms with E-state index in [1.165, 1.54) is 0 Å². The quantitative estimate of drug-likeness (QED) is 0.608. The number of hydrogen-bond acceptors (Lipinski definition) is 5. The lowest BCUT2D eigenvalue weighted by Gasteiger charge is -2.30. The molecule has 0 saturated carbocycles. The van der Waals surface area contributed by atoms with Gasteiger partial charge in [-0.1, -0.05) is 26.7 Å². The summed E-state index contributed by atoms with van der Waals surface area (Å²) in [5.41, 5.74) is -1.44. The predicted octanol–water partition coefficient (Wildman–Crippen LogP) is 2.84. The van der Waals surface area contributed by atoms with Crippen LogP contribution >= 0.6 is 0 Å². The third-order valence-corrected chi connectivity index (χ3v) is 3.34. The van der Waals surface area contributed by atoms with Gasteiger partial charge in [-0.25, -0.2) is 0 Å². The Hall–Kier alpha value is -1.57. The minimum absolute atomic E-state index is 0.188. The van der Waals surface area contributed by atoms with E-state index in [1.807, 2.05) is 13.0 Å². The molecule has 0 radical (unpaired) electrons. The summed E-state index contributed by atoms with van der Waals surface area (Å²) in [6, 6.07) is 2.05. The predicted molar refractivity (Wildman–Crippen MR) is 74.6 cm³/mol. The number of carbonyl (C=O) groups is 2. The first-order valence-electron chi connectivity index (χ1n) is 7.29. The number of esters is 2. The second kappa shape index (κ2) is 9.35. The molecular weight excluding hydrogens is 258 g/mol. The summed E-state index contributed by atoms with van der Waals surface area (Å²) in [4.78, 5) is 24.3. The lowest BCUT2D eigenvalue weighted by Crippen LogP contribution is -2.43. The van der Waals surface area contributed by atoms with Crippen molar-refractivity contribution in [1.82, 2.24) is 0 Å². The van der Waals surface area contributed by atoms with Gasteiger partial charge < -0.3 is 9.47 Å². The normalized spacial score (nSPS) is 14.8. The van der Waals surface area contributed by atoms with E-state index < -0.39 is 23.3 Å². The Morgan fingerprint density at radius 3 is 2.15 bits per heavy atom. The summed E-state index contributed by atoms with van der Waals surface area (Å²) in [6.45, 7) is 7.55. The van der Waals surface area contributed by atoms with Crippen LogP contribution in [0.4, 0.5) is 0 Å². The fourth-order valence-electron chi connectivity index (χ4n) is 2.27. The zero-order valence-electron chi connectivity index (χ0n) is 12.9. The van der Waals surface area contributed by atoms with Gasteiger partial charge in [-0.3, -0.25) is 9.59 Å². The number of nitriles is 1. The van der Waals surface area contributed by atoms with Gasteiger partial charge in [-0.2, -0.15) is 5.26 Å². The summed E-state index contributed by atoms with van der Waals surface area (Å²) in [6.07, 6.45) is 2.20. The molecule has 0 heterocycles. The van der Waals surface area contributed by atoms with Gasteiger partial charge in [0.25, 0.3) is 0 Å². The maximum Gasteiger partial charge on any atom is 0.327 e.